The summed E-state index contributed by atoms with van der Waals surface area (Å²) >= 11 is 0. The predicted octanol–water partition coefficient (Wildman–Crippen LogP) is 1.20. The summed E-state index contributed by atoms with van der Waals surface area (Å²) in [5.74, 6) is 0.270. The summed E-state index contributed by atoms with van der Waals surface area (Å²) in [6.07, 6.45) is 3.17. The molecule has 9 nitrogen and oxygen atoms in total. The lowest BCUT2D eigenvalue weighted by Gasteiger charge is -2.12. The van der Waals surface area contributed by atoms with Crippen LogP contribution in [0, 0.1) is 0 Å². The molecule has 0 saturated carbocycles. The normalized spacial score (nSPS) is 11.0. The second-order valence-electron chi connectivity index (χ2n) is 5.98. The Morgan fingerprint density at radius 3 is 2.74 bits per heavy atom. The van der Waals surface area contributed by atoms with Crippen LogP contribution in [0.25, 0.3) is 27.6 Å². The number of benzene rings is 1. The third-order valence-electron chi connectivity index (χ3n) is 4.12. The van der Waals surface area contributed by atoms with E-state index < -0.39 is 0 Å². The van der Waals surface area contributed by atoms with E-state index in [9.17, 15) is 9.59 Å². The zero-order valence-corrected chi connectivity index (χ0v) is 14.6. The Balaban J connectivity index is 1.85. The molecule has 0 unspecified atom stereocenters. The van der Waals surface area contributed by atoms with Crippen LogP contribution in [0.5, 0.6) is 0 Å². The molecule has 136 valence electrons. The van der Waals surface area contributed by atoms with Gasteiger partial charge in [0.1, 0.15) is 0 Å². The van der Waals surface area contributed by atoms with Gasteiger partial charge in [0.05, 0.1) is 28.2 Å². The van der Waals surface area contributed by atoms with Crippen molar-refractivity contribution in [2.75, 3.05) is 18.4 Å². The maximum atomic E-state index is 13.0. The molecule has 0 spiro atoms. The molecule has 0 bridgehead atoms. The highest BCUT2D eigenvalue weighted by Gasteiger charge is 2.15. The van der Waals surface area contributed by atoms with E-state index in [1.165, 1.54) is 13.1 Å². The first-order valence-electron chi connectivity index (χ1n) is 8.44. The van der Waals surface area contributed by atoms with E-state index in [4.69, 9.17) is 0 Å². The van der Waals surface area contributed by atoms with Gasteiger partial charge in [-0.15, -0.1) is 0 Å². The number of anilines is 1. The first kappa shape index (κ1) is 16.7. The lowest BCUT2D eigenvalue weighted by molar-refractivity contribution is -0.118. The van der Waals surface area contributed by atoms with Crippen LogP contribution in [-0.2, 0) is 4.79 Å². The molecule has 1 amide bonds. The highest BCUT2D eigenvalue weighted by atomic mass is 16.1. The Morgan fingerprint density at radius 1 is 1.15 bits per heavy atom. The summed E-state index contributed by atoms with van der Waals surface area (Å²) in [5.41, 5.74) is 1.57. The Hall–Kier alpha value is -3.75. The van der Waals surface area contributed by atoms with Crippen LogP contribution in [0.4, 0.5) is 5.95 Å². The number of carbonyl (C=O) groups is 1. The Morgan fingerprint density at radius 2 is 1.96 bits per heavy atom. The molecule has 3 aromatic heterocycles. The molecule has 0 fully saturated rings. The van der Waals surface area contributed by atoms with Crippen LogP contribution in [0.1, 0.15) is 6.92 Å². The summed E-state index contributed by atoms with van der Waals surface area (Å²) in [7, 11) is 0. The number of rotatable bonds is 5. The van der Waals surface area contributed by atoms with Gasteiger partial charge in [-0.2, -0.15) is 10.1 Å². The lowest BCUT2D eigenvalue weighted by Crippen LogP contribution is -2.27. The third kappa shape index (κ3) is 3.10. The highest BCUT2D eigenvalue weighted by Crippen LogP contribution is 2.22. The van der Waals surface area contributed by atoms with Gasteiger partial charge in [0.25, 0.3) is 5.56 Å². The number of para-hydroxylation sites is 1. The minimum absolute atomic E-state index is 0.101. The van der Waals surface area contributed by atoms with E-state index in [-0.39, 0.29) is 11.5 Å². The topological polar surface area (TPSA) is 118 Å². The standard InChI is InChI=1S/C18H17N7O2/c1-11(26)19-7-8-20-18-21-9-13-15-14(10-22-24-15)17(27)25(16(13)23-18)12-5-3-2-4-6-12/h2-6,9-10H,7-8H2,1H3,(H,19,26)(H,22,24)(H,20,21,23). The van der Waals surface area contributed by atoms with Gasteiger partial charge in [0.15, 0.2) is 5.65 Å². The fourth-order valence-electron chi connectivity index (χ4n) is 2.90. The number of hydrogen-bond donors (Lipinski definition) is 3. The van der Waals surface area contributed by atoms with Gasteiger partial charge < -0.3 is 10.6 Å². The van der Waals surface area contributed by atoms with Crippen LogP contribution >= 0.6 is 0 Å². The average Bonchev–Trinajstić information content (AvgIpc) is 3.16. The number of hydrogen-bond acceptors (Lipinski definition) is 6. The number of aromatic amines is 1. The molecule has 9 heteroatoms. The van der Waals surface area contributed by atoms with Crippen molar-refractivity contribution >= 4 is 33.8 Å². The highest BCUT2D eigenvalue weighted by molar-refractivity contribution is 6.02. The zero-order chi connectivity index (χ0) is 18.8. The summed E-state index contributed by atoms with van der Waals surface area (Å²) < 4.78 is 1.55. The van der Waals surface area contributed by atoms with Crippen molar-refractivity contribution in [3.8, 4) is 5.69 Å². The minimum Gasteiger partial charge on any atom is -0.355 e. The molecule has 0 aliphatic rings. The summed E-state index contributed by atoms with van der Waals surface area (Å²) in [4.78, 5) is 32.8. The van der Waals surface area contributed by atoms with Crippen molar-refractivity contribution < 1.29 is 4.79 Å². The Kier molecular flexibility index (Phi) is 4.25. The van der Waals surface area contributed by atoms with Gasteiger partial charge in [0, 0.05) is 26.2 Å². The second-order valence-corrected chi connectivity index (χ2v) is 5.98. The van der Waals surface area contributed by atoms with E-state index in [1.807, 2.05) is 30.3 Å². The number of nitrogens with one attached hydrogen (secondary N) is 3. The molecule has 4 aromatic rings. The molecule has 3 heterocycles. The number of fused-ring (bicyclic) bond motifs is 3. The van der Waals surface area contributed by atoms with Crippen LogP contribution in [-0.4, -0.2) is 43.7 Å². The van der Waals surface area contributed by atoms with E-state index in [1.54, 1.807) is 10.8 Å². The van der Waals surface area contributed by atoms with Crippen LogP contribution in [0.3, 0.4) is 0 Å². The van der Waals surface area contributed by atoms with Gasteiger partial charge >= 0.3 is 0 Å². The number of H-pyrrole nitrogens is 1. The molecule has 27 heavy (non-hydrogen) atoms. The quantitative estimate of drug-likeness (QED) is 0.459. The summed E-state index contributed by atoms with van der Waals surface area (Å²) in [6.45, 7) is 2.37. The predicted molar refractivity (Wildman–Crippen MR) is 102 cm³/mol. The zero-order valence-electron chi connectivity index (χ0n) is 14.6. The molecular weight excluding hydrogens is 346 g/mol. The Bertz CT molecular complexity index is 1180. The number of amides is 1. The van der Waals surface area contributed by atoms with Crippen LogP contribution in [0.15, 0.2) is 47.5 Å². The van der Waals surface area contributed by atoms with Gasteiger partial charge in [-0.05, 0) is 12.1 Å². The van der Waals surface area contributed by atoms with Crippen LogP contribution in [0.2, 0.25) is 0 Å². The molecule has 1 aromatic carbocycles. The van der Waals surface area contributed by atoms with Gasteiger partial charge in [-0.3, -0.25) is 19.3 Å². The minimum atomic E-state index is -0.208. The largest absolute Gasteiger partial charge is 0.355 e. The van der Waals surface area contributed by atoms with Crippen LogP contribution < -0.4 is 16.2 Å². The second kappa shape index (κ2) is 6.87. The third-order valence-corrected chi connectivity index (χ3v) is 4.12. The van der Waals surface area contributed by atoms with E-state index >= 15 is 0 Å². The lowest BCUT2D eigenvalue weighted by atomic mass is 10.2. The van der Waals surface area contributed by atoms with Gasteiger partial charge in [0.2, 0.25) is 11.9 Å². The first-order chi connectivity index (χ1) is 13.1. The first-order valence-corrected chi connectivity index (χ1v) is 8.44. The number of carbonyl (C=O) groups excluding carboxylic acids is 1. The number of nitrogens with zero attached hydrogens (tertiary/aromatic N) is 4. The molecule has 0 aliphatic heterocycles. The Labute approximate surface area is 153 Å². The summed E-state index contributed by atoms with van der Waals surface area (Å²) in [5, 5.41) is 13.8. The fourth-order valence-corrected chi connectivity index (χ4v) is 2.90. The van der Waals surface area contributed by atoms with Gasteiger partial charge in [-0.1, -0.05) is 18.2 Å². The van der Waals surface area contributed by atoms with E-state index in [2.05, 4.69) is 30.8 Å². The average molecular weight is 363 g/mol. The summed E-state index contributed by atoms with van der Waals surface area (Å²) in [6, 6.07) is 9.30. The van der Waals surface area contributed by atoms with E-state index in [0.29, 0.717) is 46.7 Å². The maximum absolute atomic E-state index is 13.0. The molecule has 0 atom stereocenters. The monoisotopic (exact) mass is 363 g/mol. The molecule has 3 N–H and O–H groups in total. The van der Waals surface area contributed by atoms with Crippen molar-refractivity contribution in [2.45, 2.75) is 6.92 Å². The van der Waals surface area contributed by atoms with Crippen molar-refractivity contribution in [2.24, 2.45) is 0 Å². The number of pyridine rings is 1. The molecule has 0 radical (unpaired) electrons. The van der Waals surface area contributed by atoms with Crippen molar-refractivity contribution in [3.63, 3.8) is 0 Å². The number of aromatic nitrogens is 5. The maximum Gasteiger partial charge on any atom is 0.267 e. The molecule has 0 saturated heterocycles. The van der Waals surface area contributed by atoms with Crippen molar-refractivity contribution in [1.29, 1.82) is 0 Å². The molecule has 0 aliphatic carbocycles. The van der Waals surface area contributed by atoms with Gasteiger partial charge in [-0.25, -0.2) is 4.98 Å². The van der Waals surface area contributed by atoms with E-state index in [0.717, 1.165) is 0 Å². The van der Waals surface area contributed by atoms with Crippen molar-refractivity contribution in [1.82, 2.24) is 30.0 Å². The SMILES string of the molecule is CC(=O)NCCNc1ncc2c3[nH]ncc3c(=O)n(-c3ccccc3)c2n1. The smallest absolute Gasteiger partial charge is 0.267 e. The molecule has 4 rings (SSSR count). The fraction of sp³-hybridized carbons (Fsp3) is 0.167. The van der Waals surface area contributed by atoms with Crippen molar-refractivity contribution in [3.05, 3.63) is 53.1 Å². The molecular formula is C18H17N7O2.